The number of thioether (sulfide) groups is 1. The highest BCUT2D eigenvalue weighted by Gasteiger charge is 2.14. The van der Waals surface area contributed by atoms with E-state index in [4.69, 9.17) is 16.3 Å². The Balaban J connectivity index is 2.47. The molecule has 0 radical (unpaired) electrons. The summed E-state index contributed by atoms with van der Waals surface area (Å²) in [5.74, 6) is 0.593. The van der Waals surface area contributed by atoms with Gasteiger partial charge in [0.15, 0.2) is 0 Å². The van der Waals surface area contributed by atoms with Gasteiger partial charge in [0, 0.05) is 10.8 Å². The molecule has 0 aromatic heterocycles. The number of hydrogen-bond donors (Lipinski definition) is 1. The highest BCUT2D eigenvalue weighted by molar-refractivity contribution is 8.00. The summed E-state index contributed by atoms with van der Waals surface area (Å²) in [5, 5.41) is 3.25. The summed E-state index contributed by atoms with van der Waals surface area (Å²) in [6.07, 6.45) is 0. The molecule has 5 nitrogen and oxygen atoms in total. The van der Waals surface area contributed by atoms with Gasteiger partial charge < -0.3 is 14.8 Å². The van der Waals surface area contributed by atoms with Crippen LogP contribution >= 0.6 is 23.4 Å². The number of amides is 1. The molecule has 0 heterocycles. The normalized spacial score (nSPS) is 11.6. The van der Waals surface area contributed by atoms with Crippen LogP contribution in [0.2, 0.25) is 5.02 Å². The summed E-state index contributed by atoms with van der Waals surface area (Å²) >= 11 is 7.25. The lowest BCUT2D eigenvalue weighted by Crippen LogP contribution is -2.18. The highest BCUT2D eigenvalue weighted by atomic mass is 35.5. The summed E-state index contributed by atoms with van der Waals surface area (Å²) in [5.41, 5.74) is 0.525. The van der Waals surface area contributed by atoms with Crippen LogP contribution in [0.3, 0.4) is 0 Å². The molecule has 0 saturated heterocycles. The van der Waals surface area contributed by atoms with Gasteiger partial charge in [-0.3, -0.25) is 9.59 Å². The third-order valence-corrected chi connectivity index (χ3v) is 4.08. The first kappa shape index (κ1) is 17.7. The van der Waals surface area contributed by atoms with Gasteiger partial charge in [-0.1, -0.05) is 18.5 Å². The van der Waals surface area contributed by atoms with Crippen molar-refractivity contribution in [2.75, 3.05) is 31.0 Å². The number of benzene rings is 1. The largest absolute Gasteiger partial charge is 0.495 e. The van der Waals surface area contributed by atoms with Crippen LogP contribution in [-0.4, -0.2) is 37.6 Å². The second-order valence-corrected chi connectivity index (χ2v) is 5.80. The minimum Gasteiger partial charge on any atom is -0.495 e. The molecule has 7 heteroatoms. The fraction of sp³-hybridized carbons (Fsp3) is 0.429. The topological polar surface area (TPSA) is 64.6 Å². The first-order valence-corrected chi connectivity index (χ1v) is 7.80. The zero-order valence-corrected chi connectivity index (χ0v) is 13.7. The zero-order valence-electron chi connectivity index (χ0n) is 12.1. The molecular formula is C14H18ClNO4S. The summed E-state index contributed by atoms with van der Waals surface area (Å²) in [7, 11) is 2.87. The number of carbonyl (C=O) groups excluding carboxylic acids is 2. The van der Waals surface area contributed by atoms with Crippen LogP contribution in [0.1, 0.15) is 6.92 Å². The maximum atomic E-state index is 11.9. The van der Waals surface area contributed by atoms with Gasteiger partial charge in [0.25, 0.3) is 0 Å². The molecular weight excluding hydrogens is 314 g/mol. The SMILES string of the molecule is COC(=O)C(C)CSCC(=O)Nc1cc(Cl)ccc1OC. The molecule has 21 heavy (non-hydrogen) atoms. The summed E-state index contributed by atoms with van der Waals surface area (Å²) in [6.45, 7) is 1.76. The van der Waals surface area contributed by atoms with Crippen LogP contribution in [0.15, 0.2) is 18.2 Å². The Morgan fingerprint density at radius 1 is 1.38 bits per heavy atom. The van der Waals surface area contributed by atoms with E-state index in [1.165, 1.54) is 26.0 Å². The van der Waals surface area contributed by atoms with Crippen molar-refractivity contribution < 1.29 is 19.1 Å². The molecule has 0 aliphatic carbocycles. The predicted octanol–water partition coefficient (Wildman–Crippen LogP) is 2.83. The van der Waals surface area contributed by atoms with Gasteiger partial charge in [0.2, 0.25) is 5.91 Å². The van der Waals surface area contributed by atoms with Crippen LogP contribution in [0.4, 0.5) is 5.69 Å². The molecule has 1 aromatic rings. The molecule has 116 valence electrons. The molecule has 0 fully saturated rings. The third kappa shape index (κ3) is 5.85. The lowest BCUT2D eigenvalue weighted by Gasteiger charge is -2.11. The van der Waals surface area contributed by atoms with Gasteiger partial charge in [0.05, 0.1) is 31.6 Å². The molecule has 1 aromatic carbocycles. The van der Waals surface area contributed by atoms with E-state index in [1.54, 1.807) is 25.1 Å². The van der Waals surface area contributed by atoms with Crippen molar-refractivity contribution in [2.45, 2.75) is 6.92 Å². The standard InChI is InChI=1S/C14H18ClNO4S/c1-9(14(18)20-3)7-21-8-13(17)16-11-6-10(15)4-5-12(11)19-2/h4-6,9H,7-8H2,1-3H3,(H,16,17). The lowest BCUT2D eigenvalue weighted by molar-refractivity contribution is -0.144. The Kier molecular flexibility index (Phi) is 7.39. The van der Waals surface area contributed by atoms with E-state index in [9.17, 15) is 9.59 Å². The van der Waals surface area contributed by atoms with Crippen molar-refractivity contribution in [1.29, 1.82) is 0 Å². The second-order valence-electron chi connectivity index (χ2n) is 4.33. The van der Waals surface area contributed by atoms with Crippen molar-refractivity contribution in [3.63, 3.8) is 0 Å². The molecule has 1 atom stereocenters. The number of anilines is 1. The Hall–Kier alpha value is -1.40. The summed E-state index contributed by atoms with van der Waals surface area (Å²) in [4.78, 5) is 23.1. The molecule has 0 aliphatic rings. The van der Waals surface area contributed by atoms with Crippen LogP contribution in [0.5, 0.6) is 5.75 Å². The number of carbonyl (C=O) groups is 2. The molecule has 1 N–H and O–H groups in total. The van der Waals surface area contributed by atoms with E-state index >= 15 is 0 Å². The third-order valence-electron chi connectivity index (χ3n) is 2.64. The second kappa shape index (κ2) is 8.79. The average Bonchev–Trinajstić information content (AvgIpc) is 2.46. The molecule has 1 amide bonds. The van der Waals surface area contributed by atoms with Gasteiger partial charge >= 0.3 is 5.97 Å². The molecule has 0 aliphatic heterocycles. The minimum absolute atomic E-state index is 0.183. The molecule has 0 spiro atoms. The maximum absolute atomic E-state index is 11.9. The van der Waals surface area contributed by atoms with E-state index in [-0.39, 0.29) is 23.5 Å². The van der Waals surface area contributed by atoms with Gasteiger partial charge in [-0.2, -0.15) is 11.8 Å². The maximum Gasteiger partial charge on any atom is 0.309 e. The highest BCUT2D eigenvalue weighted by Crippen LogP contribution is 2.27. The smallest absolute Gasteiger partial charge is 0.309 e. The average molecular weight is 332 g/mol. The Labute approximate surface area is 133 Å². The van der Waals surface area contributed by atoms with Crippen molar-refractivity contribution in [2.24, 2.45) is 5.92 Å². The van der Waals surface area contributed by atoms with Gasteiger partial charge in [-0.05, 0) is 18.2 Å². The Morgan fingerprint density at radius 3 is 2.71 bits per heavy atom. The number of nitrogens with one attached hydrogen (secondary N) is 1. The summed E-state index contributed by atoms with van der Waals surface area (Å²) in [6, 6.07) is 4.99. The van der Waals surface area contributed by atoms with Gasteiger partial charge in [-0.25, -0.2) is 0 Å². The fourth-order valence-electron chi connectivity index (χ4n) is 1.56. The van der Waals surface area contributed by atoms with E-state index in [1.807, 2.05) is 0 Å². The van der Waals surface area contributed by atoms with Crippen LogP contribution in [-0.2, 0) is 14.3 Å². The Morgan fingerprint density at radius 2 is 2.10 bits per heavy atom. The molecule has 0 bridgehead atoms. The molecule has 1 unspecified atom stereocenters. The van der Waals surface area contributed by atoms with Crippen LogP contribution < -0.4 is 10.1 Å². The van der Waals surface area contributed by atoms with Crippen LogP contribution in [0.25, 0.3) is 0 Å². The van der Waals surface area contributed by atoms with Crippen molar-refractivity contribution in [1.82, 2.24) is 0 Å². The first-order valence-electron chi connectivity index (χ1n) is 6.27. The minimum atomic E-state index is -0.278. The lowest BCUT2D eigenvalue weighted by atomic mass is 10.2. The van der Waals surface area contributed by atoms with Crippen molar-refractivity contribution >= 4 is 40.9 Å². The van der Waals surface area contributed by atoms with Gasteiger partial charge in [-0.15, -0.1) is 0 Å². The number of methoxy groups -OCH3 is 2. The quantitative estimate of drug-likeness (QED) is 0.778. The number of hydrogen-bond acceptors (Lipinski definition) is 5. The number of halogens is 1. The number of ether oxygens (including phenoxy) is 2. The molecule has 0 saturated carbocycles. The number of esters is 1. The zero-order chi connectivity index (χ0) is 15.8. The predicted molar refractivity (Wildman–Crippen MR) is 85.1 cm³/mol. The van der Waals surface area contributed by atoms with Crippen LogP contribution in [0, 0.1) is 5.92 Å². The van der Waals surface area contributed by atoms with E-state index in [0.29, 0.717) is 22.2 Å². The van der Waals surface area contributed by atoms with E-state index in [2.05, 4.69) is 10.1 Å². The monoisotopic (exact) mass is 331 g/mol. The van der Waals surface area contributed by atoms with Gasteiger partial charge in [0.1, 0.15) is 5.75 Å². The fourth-order valence-corrected chi connectivity index (χ4v) is 2.60. The van der Waals surface area contributed by atoms with E-state index < -0.39 is 0 Å². The Bertz CT molecular complexity index is 510. The first-order chi connectivity index (χ1) is 9.97. The van der Waals surface area contributed by atoms with E-state index in [0.717, 1.165) is 0 Å². The van der Waals surface area contributed by atoms with Crippen molar-refractivity contribution in [3.8, 4) is 5.75 Å². The summed E-state index contributed by atoms with van der Waals surface area (Å²) < 4.78 is 9.77. The molecule has 1 rings (SSSR count). The van der Waals surface area contributed by atoms with Crippen molar-refractivity contribution in [3.05, 3.63) is 23.2 Å². The number of rotatable bonds is 7.